The summed E-state index contributed by atoms with van der Waals surface area (Å²) in [5, 5.41) is 12.6. The van der Waals surface area contributed by atoms with Crippen LogP contribution in [0.1, 0.15) is 12.8 Å². The number of benzene rings is 1. The number of hydrogen-bond donors (Lipinski definition) is 2. The van der Waals surface area contributed by atoms with Crippen molar-refractivity contribution in [3.63, 3.8) is 0 Å². The number of hydrogen-bond acceptors (Lipinski definition) is 3. The molecule has 3 rings (SSSR count). The van der Waals surface area contributed by atoms with Gasteiger partial charge in [-0.2, -0.15) is 0 Å². The van der Waals surface area contributed by atoms with Gasteiger partial charge in [0, 0.05) is 10.7 Å². The minimum atomic E-state index is -0.964. The summed E-state index contributed by atoms with van der Waals surface area (Å²) >= 11 is 5.78. The lowest BCUT2D eigenvalue weighted by Gasteiger charge is -2.23. The van der Waals surface area contributed by atoms with Crippen LogP contribution in [0.25, 0.3) is 0 Å². The minimum absolute atomic E-state index is 0.284. The summed E-state index contributed by atoms with van der Waals surface area (Å²) in [7, 11) is 0. The first-order chi connectivity index (χ1) is 9.56. The van der Waals surface area contributed by atoms with E-state index in [9.17, 15) is 14.7 Å². The Labute approximate surface area is 120 Å². The number of aliphatic carboxylic acids is 1. The maximum Gasteiger partial charge on any atom is 0.310 e. The van der Waals surface area contributed by atoms with Crippen LogP contribution < -0.4 is 5.32 Å². The number of carboxylic acid groups (broad SMARTS) is 1. The maximum atomic E-state index is 12.3. The van der Waals surface area contributed by atoms with Gasteiger partial charge in [0.1, 0.15) is 0 Å². The molecule has 2 aliphatic heterocycles. The lowest BCUT2D eigenvalue weighted by atomic mass is 9.78. The van der Waals surface area contributed by atoms with Gasteiger partial charge in [0.25, 0.3) is 0 Å². The Hall–Kier alpha value is -1.59. The third-order valence-corrected chi connectivity index (χ3v) is 4.22. The highest BCUT2D eigenvalue weighted by molar-refractivity contribution is 6.30. The number of halogens is 1. The van der Waals surface area contributed by atoms with E-state index < -0.39 is 17.8 Å². The van der Waals surface area contributed by atoms with Gasteiger partial charge >= 0.3 is 5.97 Å². The topological polar surface area (TPSA) is 75.6 Å². The molecule has 1 aromatic carbocycles. The van der Waals surface area contributed by atoms with Gasteiger partial charge in [-0.1, -0.05) is 11.6 Å². The molecule has 1 aromatic rings. The number of rotatable bonds is 3. The van der Waals surface area contributed by atoms with Gasteiger partial charge in [0.15, 0.2) is 0 Å². The van der Waals surface area contributed by atoms with Gasteiger partial charge in [-0.05, 0) is 37.1 Å². The van der Waals surface area contributed by atoms with Crippen LogP contribution in [0.5, 0.6) is 0 Å². The normalized spacial score (nSPS) is 31.2. The van der Waals surface area contributed by atoms with Crippen molar-refractivity contribution in [2.45, 2.75) is 25.0 Å². The first kappa shape index (κ1) is 13.4. The van der Waals surface area contributed by atoms with Crippen molar-refractivity contribution in [1.82, 2.24) is 0 Å². The van der Waals surface area contributed by atoms with Crippen molar-refractivity contribution in [3.05, 3.63) is 29.3 Å². The van der Waals surface area contributed by atoms with Crippen LogP contribution >= 0.6 is 11.6 Å². The monoisotopic (exact) mass is 295 g/mol. The lowest BCUT2D eigenvalue weighted by molar-refractivity contribution is -0.147. The SMILES string of the molecule is O=C(Nc1ccc(Cl)cc1)[C@@H]1[C@H](C(=O)O)[C@@H]2CC[C@H]1O2. The highest BCUT2D eigenvalue weighted by Crippen LogP contribution is 2.44. The third-order valence-electron chi connectivity index (χ3n) is 3.97. The molecular formula is C14H14ClNO4. The molecule has 0 aliphatic carbocycles. The van der Waals surface area contributed by atoms with Crippen molar-refractivity contribution in [2.24, 2.45) is 11.8 Å². The van der Waals surface area contributed by atoms with Gasteiger partial charge in [-0.15, -0.1) is 0 Å². The molecule has 0 spiro atoms. The molecule has 20 heavy (non-hydrogen) atoms. The highest BCUT2D eigenvalue weighted by Gasteiger charge is 2.55. The number of carbonyl (C=O) groups excluding carboxylic acids is 1. The molecule has 2 heterocycles. The minimum Gasteiger partial charge on any atom is -0.481 e. The second-order valence-corrected chi connectivity index (χ2v) is 5.61. The summed E-state index contributed by atoms with van der Waals surface area (Å²) < 4.78 is 5.57. The van der Waals surface area contributed by atoms with Gasteiger partial charge in [-0.25, -0.2) is 0 Å². The zero-order chi connectivity index (χ0) is 14.3. The van der Waals surface area contributed by atoms with E-state index in [0.29, 0.717) is 17.1 Å². The number of anilines is 1. The predicted octanol–water partition coefficient (Wildman–Crippen LogP) is 2.16. The fourth-order valence-corrected chi connectivity index (χ4v) is 3.21. The third kappa shape index (κ3) is 2.27. The Bertz CT molecular complexity index is 545. The first-order valence-corrected chi connectivity index (χ1v) is 6.89. The zero-order valence-corrected chi connectivity index (χ0v) is 11.3. The molecule has 0 saturated carbocycles. The number of carbonyl (C=O) groups is 2. The average molecular weight is 296 g/mol. The van der Waals surface area contributed by atoms with E-state index in [1.54, 1.807) is 24.3 Å². The van der Waals surface area contributed by atoms with Gasteiger partial charge in [-0.3, -0.25) is 9.59 Å². The van der Waals surface area contributed by atoms with E-state index in [1.807, 2.05) is 0 Å². The summed E-state index contributed by atoms with van der Waals surface area (Å²) in [6.07, 6.45) is 0.839. The first-order valence-electron chi connectivity index (χ1n) is 6.51. The highest BCUT2D eigenvalue weighted by atomic mass is 35.5. The Kier molecular flexibility index (Phi) is 3.40. The van der Waals surface area contributed by atoms with Crippen molar-refractivity contribution >= 4 is 29.2 Å². The molecule has 2 bridgehead atoms. The number of amides is 1. The van der Waals surface area contributed by atoms with E-state index in [2.05, 4.69) is 5.32 Å². The molecule has 2 fully saturated rings. The Morgan fingerprint density at radius 2 is 1.75 bits per heavy atom. The molecule has 2 aliphatic rings. The Balaban J connectivity index is 1.76. The van der Waals surface area contributed by atoms with Gasteiger partial charge in [0.2, 0.25) is 5.91 Å². The molecule has 106 valence electrons. The van der Waals surface area contributed by atoms with Crippen molar-refractivity contribution in [1.29, 1.82) is 0 Å². The van der Waals surface area contributed by atoms with Gasteiger partial charge in [0.05, 0.1) is 24.0 Å². The predicted molar refractivity (Wildman–Crippen MR) is 72.6 cm³/mol. The summed E-state index contributed by atoms with van der Waals surface area (Å²) in [6, 6.07) is 6.71. The van der Waals surface area contributed by atoms with E-state index in [1.165, 1.54) is 0 Å². The lowest BCUT2D eigenvalue weighted by Crippen LogP contribution is -2.40. The van der Waals surface area contributed by atoms with Crippen molar-refractivity contribution in [2.75, 3.05) is 5.32 Å². The van der Waals surface area contributed by atoms with Crippen LogP contribution in [-0.2, 0) is 14.3 Å². The largest absolute Gasteiger partial charge is 0.481 e. The summed E-state index contributed by atoms with van der Waals surface area (Å²) in [5.41, 5.74) is 0.603. The summed E-state index contributed by atoms with van der Waals surface area (Å²) in [6.45, 7) is 0. The van der Waals surface area contributed by atoms with Crippen LogP contribution in [0.4, 0.5) is 5.69 Å². The Morgan fingerprint density at radius 1 is 1.15 bits per heavy atom. The van der Waals surface area contributed by atoms with Crippen molar-refractivity contribution in [3.8, 4) is 0 Å². The molecular weight excluding hydrogens is 282 g/mol. The molecule has 0 radical (unpaired) electrons. The molecule has 2 N–H and O–H groups in total. The van der Waals surface area contributed by atoms with E-state index in [-0.39, 0.29) is 18.1 Å². The fraction of sp³-hybridized carbons (Fsp3) is 0.429. The van der Waals surface area contributed by atoms with Crippen LogP contribution in [0.2, 0.25) is 5.02 Å². The number of fused-ring (bicyclic) bond motifs is 2. The van der Waals surface area contributed by atoms with Crippen molar-refractivity contribution < 1.29 is 19.4 Å². The smallest absolute Gasteiger partial charge is 0.310 e. The average Bonchev–Trinajstić information content (AvgIpc) is 3.01. The molecule has 0 aromatic heterocycles. The van der Waals surface area contributed by atoms with Crippen LogP contribution in [0.15, 0.2) is 24.3 Å². The van der Waals surface area contributed by atoms with E-state index in [4.69, 9.17) is 16.3 Å². The molecule has 2 saturated heterocycles. The number of carboxylic acids is 1. The van der Waals surface area contributed by atoms with Crippen LogP contribution in [0.3, 0.4) is 0 Å². The molecule has 4 atom stereocenters. The number of nitrogens with one attached hydrogen (secondary N) is 1. The molecule has 5 nitrogen and oxygen atoms in total. The van der Waals surface area contributed by atoms with Crippen LogP contribution in [-0.4, -0.2) is 29.2 Å². The second kappa shape index (κ2) is 5.07. The second-order valence-electron chi connectivity index (χ2n) is 5.18. The quantitative estimate of drug-likeness (QED) is 0.896. The zero-order valence-electron chi connectivity index (χ0n) is 10.6. The molecule has 6 heteroatoms. The standard InChI is InChI=1S/C14H14ClNO4/c15-7-1-3-8(4-2-7)16-13(17)11-9-5-6-10(20-9)12(11)14(18)19/h1-4,9-12H,5-6H2,(H,16,17)(H,18,19)/t9-,10+,11+,12-/m1/s1. The molecule has 0 unspecified atom stereocenters. The summed E-state index contributed by atoms with van der Waals surface area (Å²) in [5.74, 6) is -2.64. The molecule has 1 amide bonds. The summed E-state index contributed by atoms with van der Waals surface area (Å²) in [4.78, 5) is 23.6. The van der Waals surface area contributed by atoms with E-state index in [0.717, 1.165) is 6.42 Å². The van der Waals surface area contributed by atoms with Gasteiger partial charge < -0.3 is 15.2 Å². The van der Waals surface area contributed by atoms with E-state index >= 15 is 0 Å². The Morgan fingerprint density at radius 3 is 2.35 bits per heavy atom. The van der Waals surface area contributed by atoms with Crippen LogP contribution in [0, 0.1) is 11.8 Å². The number of ether oxygens (including phenoxy) is 1. The maximum absolute atomic E-state index is 12.3. The fourth-order valence-electron chi connectivity index (χ4n) is 3.08.